The van der Waals surface area contributed by atoms with Gasteiger partial charge in [-0.3, -0.25) is 0 Å². The summed E-state index contributed by atoms with van der Waals surface area (Å²) in [6, 6.07) is 16.9. The zero-order chi connectivity index (χ0) is 23.1. The lowest BCUT2D eigenvalue weighted by Gasteiger charge is -2.52. The molecular formula is C24H18N6O4. The summed E-state index contributed by atoms with van der Waals surface area (Å²) in [6.45, 7) is 0. The lowest BCUT2D eigenvalue weighted by atomic mass is 9.64. The van der Waals surface area contributed by atoms with Crippen molar-refractivity contribution >= 4 is 12.4 Å². The largest absolute Gasteiger partial charge is 0.356 e. The van der Waals surface area contributed by atoms with E-state index in [2.05, 4.69) is 0 Å². The predicted octanol–water partition coefficient (Wildman–Crippen LogP) is 0.912. The summed E-state index contributed by atoms with van der Waals surface area (Å²) in [5.74, 6) is -0.456. The molecule has 7 rings (SSSR count). The molecule has 0 spiro atoms. The Morgan fingerprint density at radius 2 is 0.882 bits per heavy atom. The van der Waals surface area contributed by atoms with Gasteiger partial charge in [0.25, 0.3) is 0 Å². The highest BCUT2D eigenvalue weighted by Crippen LogP contribution is 2.55. The molecule has 0 amide bonds. The van der Waals surface area contributed by atoms with Crippen LogP contribution in [0, 0.1) is 11.8 Å². The van der Waals surface area contributed by atoms with Gasteiger partial charge in [0.1, 0.15) is 0 Å². The summed E-state index contributed by atoms with van der Waals surface area (Å²) in [6.07, 6.45) is 6.87. The van der Waals surface area contributed by atoms with Crippen LogP contribution in [0.4, 0.5) is 0 Å². The van der Waals surface area contributed by atoms with E-state index in [9.17, 15) is 19.2 Å². The van der Waals surface area contributed by atoms with E-state index in [0.717, 1.165) is 9.13 Å². The summed E-state index contributed by atoms with van der Waals surface area (Å²) in [4.78, 5) is 52.9. The van der Waals surface area contributed by atoms with E-state index >= 15 is 0 Å². The Balaban J connectivity index is 1.37. The lowest BCUT2D eigenvalue weighted by Crippen LogP contribution is -2.56. The summed E-state index contributed by atoms with van der Waals surface area (Å²) >= 11 is 0. The van der Waals surface area contributed by atoms with Crippen molar-refractivity contribution < 1.29 is 0 Å². The van der Waals surface area contributed by atoms with E-state index < -0.39 is 22.8 Å². The second-order valence-electron chi connectivity index (χ2n) is 8.67. The second kappa shape index (κ2) is 6.47. The number of benzene rings is 2. The van der Waals surface area contributed by atoms with Gasteiger partial charge < -0.3 is 0 Å². The molecular weight excluding hydrogens is 436 g/mol. The Labute approximate surface area is 190 Å². The normalized spacial score (nSPS) is 23.5. The van der Waals surface area contributed by atoms with Crippen LogP contribution in [0.15, 0.2) is 92.0 Å². The monoisotopic (exact) mass is 454 g/mol. The van der Waals surface area contributed by atoms with Gasteiger partial charge in [0.15, 0.2) is 0 Å². The number of rotatable bonds is 2. The van der Waals surface area contributed by atoms with Crippen molar-refractivity contribution in [3.8, 4) is 11.4 Å². The van der Waals surface area contributed by atoms with E-state index in [1.807, 2.05) is 24.3 Å². The van der Waals surface area contributed by atoms with Crippen molar-refractivity contribution in [1.29, 1.82) is 0 Å². The molecule has 0 radical (unpaired) electrons. The van der Waals surface area contributed by atoms with Gasteiger partial charge >= 0.3 is 22.8 Å². The molecule has 1 aliphatic carbocycles. The smallest absolute Gasteiger partial charge is 0.245 e. The minimum atomic E-state index is -0.446. The highest BCUT2D eigenvalue weighted by atomic mass is 16.2. The van der Waals surface area contributed by atoms with Gasteiger partial charge in [-0.05, 0) is 24.3 Å². The number of fused-ring (bicyclic) bond motifs is 8. The fraction of sp³-hybridized carbons (Fsp3) is 0.167. The molecule has 0 bridgehead atoms. The lowest BCUT2D eigenvalue weighted by molar-refractivity contribution is 0.0220. The molecule has 4 heterocycles. The number of hydrogen-bond donors (Lipinski definition) is 0. The molecule has 2 aromatic carbocycles. The van der Waals surface area contributed by atoms with Crippen LogP contribution in [0.2, 0.25) is 0 Å². The number of allylic oxidation sites excluding steroid dienone is 2. The van der Waals surface area contributed by atoms with Gasteiger partial charge in [0, 0.05) is 24.2 Å². The van der Waals surface area contributed by atoms with Crippen molar-refractivity contribution in [2.24, 2.45) is 11.8 Å². The molecule has 0 atom stereocenters. The minimum Gasteiger partial charge on any atom is -0.245 e. The molecule has 3 aliphatic rings. The first kappa shape index (κ1) is 18.9. The SMILES string of the molecule is O=c1n(-c2ccccc2)c(=O)n2n1C=CC1C2C2C=Cn3c(=O)n(-c4ccccc4)c(=O)n3C12. The molecule has 0 saturated heterocycles. The quantitative estimate of drug-likeness (QED) is 0.450. The van der Waals surface area contributed by atoms with Crippen LogP contribution in [0.5, 0.6) is 0 Å². The van der Waals surface area contributed by atoms with Crippen molar-refractivity contribution in [2.75, 3.05) is 0 Å². The Bertz CT molecular complexity index is 1620. The van der Waals surface area contributed by atoms with Crippen LogP contribution in [0.3, 0.4) is 0 Å². The Morgan fingerprint density at radius 1 is 0.500 bits per heavy atom. The Hall–Kier alpha value is -4.60. The first-order valence-corrected chi connectivity index (χ1v) is 11.0. The maximum absolute atomic E-state index is 13.4. The Kier molecular flexibility index (Phi) is 3.60. The number of para-hydroxylation sites is 2. The van der Waals surface area contributed by atoms with Gasteiger partial charge in [-0.2, -0.15) is 0 Å². The number of nitrogens with zero attached hydrogens (tertiary/aromatic N) is 6. The first-order valence-electron chi connectivity index (χ1n) is 11.0. The average Bonchev–Trinajstić information content (AvgIpc) is 3.25. The molecule has 0 unspecified atom stereocenters. The molecule has 34 heavy (non-hydrogen) atoms. The third-order valence-corrected chi connectivity index (χ3v) is 7.08. The van der Waals surface area contributed by atoms with Crippen LogP contribution in [0.25, 0.3) is 23.8 Å². The number of aromatic nitrogens is 6. The standard InChI is InChI=1S/C24H18N6O4/c31-21-25-13-11-17-19(29(25)23(33)27(21)15-7-3-1-4-8-15)18-12-14-26-22(32)28(16-9-5-2-6-10-16)24(34)30(26)20(17)18/h1-14,17-20H. The third kappa shape index (κ3) is 2.19. The zero-order valence-corrected chi connectivity index (χ0v) is 17.7. The van der Waals surface area contributed by atoms with Crippen molar-refractivity contribution in [2.45, 2.75) is 12.1 Å². The summed E-state index contributed by atoms with van der Waals surface area (Å²) in [5.41, 5.74) is -0.759. The maximum Gasteiger partial charge on any atom is 0.356 e. The second-order valence-corrected chi connectivity index (χ2v) is 8.67. The highest BCUT2D eigenvalue weighted by molar-refractivity contribution is 5.39. The summed E-state index contributed by atoms with van der Waals surface area (Å²) in [7, 11) is 0. The summed E-state index contributed by atoms with van der Waals surface area (Å²) < 4.78 is 7.92. The van der Waals surface area contributed by atoms with E-state index in [0.29, 0.717) is 11.4 Å². The number of hydrogen-bond acceptors (Lipinski definition) is 4. The van der Waals surface area contributed by atoms with Gasteiger partial charge in [-0.1, -0.05) is 48.6 Å². The van der Waals surface area contributed by atoms with Crippen LogP contribution in [-0.2, 0) is 0 Å². The molecule has 2 aromatic heterocycles. The maximum atomic E-state index is 13.4. The molecule has 1 saturated carbocycles. The van der Waals surface area contributed by atoms with Crippen LogP contribution >= 0.6 is 0 Å². The van der Waals surface area contributed by atoms with Gasteiger partial charge in [-0.15, -0.1) is 0 Å². The molecule has 10 nitrogen and oxygen atoms in total. The van der Waals surface area contributed by atoms with Crippen molar-refractivity contribution in [3.05, 3.63) is 115 Å². The van der Waals surface area contributed by atoms with Crippen molar-refractivity contribution in [1.82, 2.24) is 27.9 Å². The third-order valence-electron chi connectivity index (χ3n) is 7.08. The zero-order valence-electron chi connectivity index (χ0n) is 17.7. The first-order chi connectivity index (χ1) is 16.6. The summed E-state index contributed by atoms with van der Waals surface area (Å²) in [5, 5.41) is 0. The molecule has 168 valence electrons. The van der Waals surface area contributed by atoms with E-state index in [1.165, 1.54) is 18.7 Å². The molecule has 10 heteroatoms. The minimum absolute atomic E-state index is 0.228. The van der Waals surface area contributed by atoms with Crippen LogP contribution in [0.1, 0.15) is 12.1 Å². The predicted molar refractivity (Wildman–Crippen MR) is 124 cm³/mol. The van der Waals surface area contributed by atoms with Gasteiger partial charge in [-0.25, -0.2) is 47.0 Å². The fourth-order valence-corrected chi connectivity index (χ4v) is 5.59. The van der Waals surface area contributed by atoms with E-state index in [1.54, 1.807) is 60.9 Å². The molecule has 2 aliphatic heterocycles. The van der Waals surface area contributed by atoms with Gasteiger partial charge in [0.2, 0.25) is 0 Å². The van der Waals surface area contributed by atoms with Crippen molar-refractivity contribution in [3.63, 3.8) is 0 Å². The van der Waals surface area contributed by atoms with E-state index in [-0.39, 0.29) is 23.9 Å². The fourth-order valence-electron chi connectivity index (χ4n) is 5.59. The topological polar surface area (TPSA) is 97.9 Å². The highest BCUT2D eigenvalue weighted by Gasteiger charge is 2.56. The average molecular weight is 454 g/mol. The van der Waals surface area contributed by atoms with Gasteiger partial charge in [0.05, 0.1) is 23.5 Å². The Morgan fingerprint density at radius 3 is 1.26 bits per heavy atom. The molecule has 0 N–H and O–H groups in total. The van der Waals surface area contributed by atoms with Crippen LogP contribution in [-0.4, -0.2) is 27.9 Å². The molecule has 4 aromatic rings. The van der Waals surface area contributed by atoms with Crippen LogP contribution < -0.4 is 22.8 Å². The van der Waals surface area contributed by atoms with E-state index in [4.69, 9.17) is 0 Å². The molecule has 1 fully saturated rings.